The number of aliphatic carboxylic acids is 1. The Labute approximate surface area is 77.7 Å². The Balaban J connectivity index is 3.60. The standard InChI is InChI=1S/C8H17NO2S/c1-3-12-5-6(2)7(9)4-8(10)11/h6-7H,3-5,9H2,1-2H3,(H,10,11)/t6-,7-/m1/s1. The Hall–Kier alpha value is -0.220. The Morgan fingerprint density at radius 1 is 1.67 bits per heavy atom. The molecule has 0 aromatic rings. The summed E-state index contributed by atoms with van der Waals surface area (Å²) in [4.78, 5) is 10.3. The average Bonchev–Trinajstić information content (AvgIpc) is 1.98. The third-order valence-corrected chi connectivity index (χ3v) is 2.90. The zero-order valence-corrected chi connectivity index (χ0v) is 8.43. The molecule has 0 aliphatic carbocycles. The van der Waals surface area contributed by atoms with Crippen LogP contribution in [0.4, 0.5) is 0 Å². The van der Waals surface area contributed by atoms with Crippen LogP contribution in [0.1, 0.15) is 20.3 Å². The molecular weight excluding hydrogens is 174 g/mol. The fourth-order valence-corrected chi connectivity index (χ4v) is 1.68. The zero-order chi connectivity index (χ0) is 9.56. The summed E-state index contributed by atoms with van der Waals surface area (Å²) in [5.41, 5.74) is 5.66. The summed E-state index contributed by atoms with van der Waals surface area (Å²) in [7, 11) is 0. The number of hydrogen-bond acceptors (Lipinski definition) is 3. The number of hydrogen-bond donors (Lipinski definition) is 2. The first-order chi connectivity index (χ1) is 5.57. The van der Waals surface area contributed by atoms with E-state index in [-0.39, 0.29) is 18.4 Å². The van der Waals surface area contributed by atoms with Gasteiger partial charge < -0.3 is 10.8 Å². The van der Waals surface area contributed by atoms with Crippen molar-refractivity contribution in [2.75, 3.05) is 11.5 Å². The molecule has 0 aromatic heterocycles. The van der Waals surface area contributed by atoms with Gasteiger partial charge in [-0.2, -0.15) is 11.8 Å². The highest BCUT2D eigenvalue weighted by Crippen LogP contribution is 2.12. The van der Waals surface area contributed by atoms with Crippen LogP contribution < -0.4 is 5.73 Å². The van der Waals surface area contributed by atoms with Crippen LogP contribution in [0.5, 0.6) is 0 Å². The van der Waals surface area contributed by atoms with Gasteiger partial charge in [-0.05, 0) is 17.4 Å². The van der Waals surface area contributed by atoms with E-state index >= 15 is 0 Å². The van der Waals surface area contributed by atoms with E-state index < -0.39 is 5.97 Å². The number of carboxylic acids is 1. The second-order valence-corrected chi connectivity index (χ2v) is 4.22. The van der Waals surface area contributed by atoms with Crippen molar-refractivity contribution >= 4 is 17.7 Å². The molecule has 0 aromatic carbocycles. The average molecular weight is 191 g/mol. The molecule has 0 saturated carbocycles. The van der Waals surface area contributed by atoms with Crippen LogP contribution in [0.15, 0.2) is 0 Å². The molecule has 12 heavy (non-hydrogen) atoms. The van der Waals surface area contributed by atoms with Gasteiger partial charge in [0.15, 0.2) is 0 Å². The van der Waals surface area contributed by atoms with Crippen LogP contribution in [0.25, 0.3) is 0 Å². The van der Waals surface area contributed by atoms with Gasteiger partial charge >= 0.3 is 5.97 Å². The second kappa shape index (κ2) is 6.31. The van der Waals surface area contributed by atoms with Crippen molar-refractivity contribution in [2.24, 2.45) is 11.7 Å². The van der Waals surface area contributed by atoms with Crippen molar-refractivity contribution in [3.63, 3.8) is 0 Å². The number of thioether (sulfide) groups is 1. The molecule has 0 aliphatic rings. The number of rotatable bonds is 6. The van der Waals surface area contributed by atoms with Gasteiger partial charge in [0.1, 0.15) is 0 Å². The normalized spacial score (nSPS) is 15.6. The molecule has 3 N–H and O–H groups in total. The van der Waals surface area contributed by atoms with E-state index in [4.69, 9.17) is 10.8 Å². The van der Waals surface area contributed by atoms with Crippen LogP contribution in [0.3, 0.4) is 0 Å². The zero-order valence-electron chi connectivity index (χ0n) is 7.62. The lowest BCUT2D eigenvalue weighted by molar-refractivity contribution is -0.137. The Bertz CT molecular complexity index is 141. The third kappa shape index (κ3) is 5.43. The van der Waals surface area contributed by atoms with Gasteiger partial charge in [0.05, 0.1) is 6.42 Å². The smallest absolute Gasteiger partial charge is 0.304 e. The van der Waals surface area contributed by atoms with Gasteiger partial charge in [-0.1, -0.05) is 13.8 Å². The molecule has 0 heterocycles. The molecule has 0 radical (unpaired) electrons. The Morgan fingerprint density at radius 3 is 2.67 bits per heavy atom. The van der Waals surface area contributed by atoms with E-state index in [1.165, 1.54) is 0 Å². The summed E-state index contributed by atoms with van der Waals surface area (Å²) in [5.74, 6) is 1.48. The van der Waals surface area contributed by atoms with Crippen LogP contribution in [-0.2, 0) is 4.79 Å². The van der Waals surface area contributed by atoms with Crippen LogP contribution in [-0.4, -0.2) is 28.6 Å². The monoisotopic (exact) mass is 191 g/mol. The quantitative estimate of drug-likeness (QED) is 0.661. The molecule has 0 spiro atoms. The first kappa shape index (κ1) is 11.8. The van der Waals surface area contributed by atoms with Gasteiger partial charge in [0.25, 0.3) is 0 Å². The van der Waals surface area contributed by atoms with E-state index in [1.54, 1.807) is 11.8 Å². The molecule has 0 amide bonds. The molecular formula is C8H17NO2S. The molecule has 0 saturated heterocycles. The van der Waals surface area contributed by atoms with Crippen molar-refractivity contribution in [2.45, 2.75) is 26.3 Å². The third-order valence-electron chi connectivity index (χ3n) is 1.73. The molecule has 0 aliphatic heterocycles. The fourth-order valence-electron chi connectivity index (χ4n) is 0.830. The minimum absolute atomic E-state index is 0.0748. The van der Waals surface area contributed by atoms with E-state index in [9.17, 15) is 4.79 Å². The maximum absolute atomic E-state index is 10.3. The summed E-state index contributed by atoms with van der Waals surface area (Å²) >= 11 is 1.80. The van der Waals surface area contributed by atoms with Crippen molar-refractivity contribution in [1.82, 2.24) is 0 Å². The first-order valence-corrected chi connectivity index (χ1v) is 5.28. The topological polar surface area (TPSA) is 63.3 Å². The summed E-state index contributed by atoms with van der Waals surface area (Å²) in [6, 6.07) is -0.207. The fraction of sp³-hybridized carbons (Fsp3) is 0.875. The summed E-state index contributed by atoms with van der Waals surface area (Å²) in [5, 5.41) is 8.47. The lowest BCUT2D eigenvalue weighted by Crippen LogP contribution is -2.32. The Kier molecular flexibility index (Phi) is 6.20. The van der Waals surface area contributed by atoms with Gasteiger partial charge in [0.2, 0.25) is 0 Å². The molecule has 0 bridgehead atoms. The largest absolute Gasteiger partial charge is 0.481 e. The summed E-state index contributed by atoms with van der Waals surface area (Å²) < 4.78 is 0. The summed E-state index contributed by atoms with van der Waals surface area (Å²) in [6.45, 7) is 4.08. The second-order valence-electron chi connectivity index (χ2n) is 2.90. The van der Waals surface area contributed by atoms with E-state index in [0.717, 1.165) is 11.5 Å². The molecule has 0 rings (SSSR count). The molecule has 72 valence electrons. The van der Waals surface area contributed by atoms with E-state index in [0.29, 0.717) is 0 Å². The SMILES string of the molecule is CCSC[C@@H](C)[C@H](N)CC(=O)O. The van der Waals surface area contributed by atoms with Crippen molar-refractivity contribution < 1.29 is 9.90 Å². The maximum Gasteiger partial charge on any atom is 0.304 e. The minimum Gasteiger partial charge on any atom is -0.481 e. The molecule has 0 unspecified atom stereocenters. The van der Waals surface area contributed by atoms with E-state index in [2.05, 4.69) is 6.92 Å². The highest BCUT2D eigenvalue weighted by atomic mass is 32.2. The Morgan fingerprint density at radius 2 is 2.25 bits per heavy atom. The van der Waals surface area contributed by atoms with Gasteiger partial charge in [-0.15, -0.1) is 0 Å². The van der Waals surface area contributed by atoms with Gasteiger partial charge in [0, 0.05) is 6.04 Å². The van der Waals surface area contributed by atoms with Crippen molar-refractivity contribution in [3.8, 4) is 0 Å². The first-order valence-electron chi connectivity index (χ1n) is 4.13. The lowest BCUT2D eigenvalue weighted by atomic mass is 10.0. The minimum atomic E-state index is -0.809. The summed E-state index contributed by atoms with van der Waals surface area (Å²) in [6.07, 6.45) is 0.0748. The van der Waals surface area contributed by atoms with Gasteiger partial charge in [-0.3, -0.25) is 4.79 Å². The predicted molar refractivity (Wildman–Crippen MR) is 52.4 cm³/mol. The number of carbonyl (C=O) groups is 1. The molecule has 3 nitrogen and oxygen atoms in total. The van der Waals surface area contributed by atoms with Gasteiger partial charge in [-0.25, -0.2) is 0 Å². The number of nitrogens with two attached hydrogens (primary N) is 1. The van der Waals surface area contributed by atoms with E-state index in [1.807, 2.05) is 6.92 Å². The van der Waals surface area contributed by atoms with Crippen molar-refractivity contribution in [1.29, 1.82) is 0 Å². The lowest BCUT2D eigenvalue weighted by Gasteiger charge is -2.16. The van der Waals surface area contributed by atoms with Crippen molar-refractivity contribution in [3.05, 3.63) is 0 Å². The molecule has 0 fully saturated rings. The maximum atomic E-state index is 10.3. The van der Waals surface area contributed by atoms with Crippen LogP contribution in [0, 0.1) is 5.92 Å². The molecule has 4 heteroatoms. The predicted octanol–water partition coefficient (Wildman–Crippen LogP) is 1.18. The highest BCUT2D eigenvalue weighted by Gasteiger charge is 2.15. The molecule has 2 atom stereocenters. The highest BCUT2D eigenvalue weighted by molar-refractivity contribution is 7.99. The van der Waals surface area contributed by atoms with Crippen LogP contribution in [0.2, 0.25) is 0 Å². The van der Waals surface area contributed by atoms with Crippen LogP contribution >= 0.6 is 11.8 Å². The number of carboxylic acid groups (broad SMARTS) is 1.